The van der Waals surface area contributed by atoms with Gasteiger partial charge in [-0.1, -0.05) is 98.9 Å². The molecule has 0 spiro atoms. The predicted octanol–water partition coefficient (Wildman–Crippen LogP) is 2.90. The summed E-state index contributed by atoms with van der Waals surface area (Å²) < 4.78 is 16.8. The van der Waals surface area contributed by atoms with Crippen LogP contribution < -0.4 is 5.73 Å². The third-order valence-corrected chi connectivity index (χ3v) is 10.2. The number of aliphatic carboxylic acids is 1. The van der Waals surface area contributed by atoms with Gasteiger partial charge in [-0.2, -0.15) is 0 Å². The highest BCUT2D eigenvalue weighted by Gasteiger charge is 2.42. The molecular weight excluding hydrogens is 806 g/mol. The van der Waals surface area contributed by atoms with Gasteiger partial charge in [0, 0.05) is 19.3 Å². The molecule has 1 saturated heterocycles. The molecule has 0 saturated carbocycles. The lowest BCUT2D eigenvalue weighted by Gasteiger charge is -2.40. The van der Waals surface area contributed by atoms with Crippen LogP contribution in [-0.2, 0) is 23.8 Å². The van der Waals surface area contributed by atoms with E-state index in [0.717, 1.165) is 0 Å². The van der Waals surface area contributed by atoms with Gasteiger partial charge in [-0.25, -0.2) is 0 Å². The zero-order valence-corrected chi connectivity index (χ0v) is 36.5. The minimum Gasteiger partial charge on any atom is -0.481 e. The summed E-state index contributed by atoms with van der Waals surface area (Å²) in [5, 5.41) is 104. The number of allylic oxidation sites excluding steroid dienone is 12. The van der Waals surface area contributed by atoms with Gasteiger partial charge in [0.1, 0.15) is 6.10 Å². The van der Waals surface area contributed by atoms with E-state index in [4.69, 9.17) is 19.9 Å². The fraction of sp³-hybridized carbons (Fsp3) is 0.652. The Bertz CT molecular complexity index is 1440. The quantitative estimate of drug-likeness (QED) is 0.144. The van der Waals surface area contributed by atoms with Crippen molar-refractivity contribution in [2.24, 2.45) is 11.7 Å². The first kappa shape index (κ1) is 56.7. The second-order valence-electron chi connectivity index (χ2n) is 15.6. The first-order valence-electron chi connectivity index (χ1n) is 21.8. The third kappa shape index (κ3) is 25.7. The Balaban J connectivity index is 0.00000946. The molecule has 0 bridgehead atoms. The van der Waals surface area contributed by atoms with E-state index in [1.54, 1.807) is 61.6 Å². The van der Waals surface area contributed by atoms with Gasteiger partial charge in [0.2, 0.25) is 0 Å². The van der Waals surface area contributed by atoms with Crippen molar-refractivity contribution in [3.05, 3.63) is 85.1 Å². The van der Waals surface area contributed by atoms with E-state index >= 15 is 0 Å². The summed E-state index contributed by atoms with van der Waals surface area (Å²) in [6, 6.07) is -1.05. The number of carboxylic acid groups (broad SMARTS) is 1. The molecule has 0 aromatic rings. The molecule has 2 aliphatic heterocycles. The van der Waals surface area contributed by atoms with Gasteiger partial charge in [0.05, 0.1) is 73.8 Å². The van der Waals surface area contributed by atoms with Crippen molar-refractivity contribution < 1.29 is 74.9 Å². The topological polar surface area (TPSA) is 290 Å². The second kappa shape index (κ2) is 32.3. The van der Waals surface area contributed by atoms with Crippen molar-refractivity contribution >= 4 is 11.9 Å². The van der Waals surface area contributed by atoms with Crippen molar-refractivity contribution in [2.45, 2.75) is 177 Å². The average molecular weight is 882 g/mol. The number of ether oxygens (including phenoxy) is 3. The molecular formula is C46H75NO15. The second-order valence-corrected chi connectivity index (χ2v) is 15.6. The van der Waals surface area contributed by atoms with Crippen molar-refractivity contribution in [1.29, 1.82) is 0 Å². The first-order chi connectivity index (χ1) is 29.5. The van der Waals surface area contributed by atoms with Crippen molar-refractivity contribution in [2.75, 3.05) is 6.61 Å². The van der Waals surface area contributed by atoms with Crippen molar-refractivity contribution in [3.8, 4) is 0 Å². The molecule has 0 aromatic carbocycles. The first-order valence-corrected chi connectivity index (χ1v) is 21.8. The van der Waals surface area contributed by atoms with Gasteiger partial charge in [-0.05, 0) is 64.7 Å². The Morgan fingerprint density at radius 2 is 1.26 bits per heavy atom. The van der Waals surface area contributed by atoms with E-state index in [2.05, 4.69) is 0 Å². The number of hydrogen-bond donors (Lipinski definition) is 11. The standard InChI is InChI=1S/C44H69NO15.C2H6/c1-30-40(52)39(45)41(53)43(59-30)60-37-19-14-12-10-8-6-4-2-3-5-7-9-11-13-16-32(46)23-25-58-38(51)28-35(49)26-33(47)17-15-18-34(48)27-36(50)29-44(56,57)24-22-31(20-21-37)42(54)55;1-2/h2-14,19,30-37,39-41,43,46-50,52-53,56-57H,15-18,20-29,45H2,1H3,(H,54,55);1-2H3/b4-2+,5-3+,8-6+,9-7+,12-10+,13-11+,19-14+;/t30?,31-,32+,33+,34-,35+,36-,37-,39?,40?,41?,43?;/m0./s1. The van der Waals surface area contributed by atoms with E-state index in [1.807, 2.05) is 44.2 Å². The van der Waals surface area contributed by atoms with Gasteiger partial charge in [-0.3, -0.25) is 9.59 Å². The number of nitrogens with two attached hydrogens (primary N) is 1. The van der Waals surface area contributed by atoms with Crippen LogP contribution in [0.2, 0.25) is 0 Å². The van der Waals surface area contributed by atoms with Crippen LogP contribution in [0.1, 0.15) is 104 Å². The zero-order chi connectivity index (χ0) is 46.5. The van der Waals surface area contributed by atoms with Gasteiger partial charge in [-0.15, -0.1) is 0 Å². The number of cyclic esters (lactones) is 1. The van der Waals surface area contributed by atoms with Crippen molar-refractivity contribution in [3.63, 3.8) is 0 Å². The molecule has 354 valence electrons. The van der Waals surface area contributed by atoms with Crippen LogP contribution in [0.25, 0.3) is 0 Å². The number of carbonyl (C=O) groups excluding carboxylic acids is 1. The maximum absolute atomic E-state index is 12.2. The van der Waals surface area contributed by atoms with Gasteiger partial charge < -0.3 is 71.0 Å². The summed E-state index contributed by atoms with van der Waals surface area (Å²) in [6.45, 7) is 5.55. The van der Waals surface area contributed by atoms with Gasteiger partial charge >= 0.3 is 11.9 Å². The maximum Gasteiger partial charge on any atom is 0.308 e. The average Bonchev–Trinajstić information content (AvgIpc) is 3.20. The molecule has 1 fully saturated rings. The number of hydrogen-bond acceptors (Lipinski definition) is 15. The molecule has 62 heavy (non-hydrogen) atoms. The highest BCUT2D eigenvalue weighted by Crippen LogP contribution is 2.27. The Labute approximate surface area is 366 Å². The molecule has 2 rings (SSSR count). The third-order valence-electron chi connectivity index (χ3n) is 10.2. The Hall–Kier alpha value is -3.36. The predicted molar refractivity (Wildman–Crippen MR) is 234 cm³/mol. The van der Waals surface area contributed by atoms with Gasteiger partial charge in [0.15, 0.2) is 12.1 Å². The molecule has 2 heterocycles. The highest BCUT2D eigenvalue weighted by atomic mass is 16.7. The number of carboxylic acids is 1. The fourth-order valence-electron chi connectivity index (χ4n) is 6.65. The number of aliphatic hydroxyl groups is 9. The summed E-state index contributed by atoms with van der Waals surface area (Å²) in [5.74, 6) is -5.35. The van der Waals surface area contributed by atoms with Crippen molar-refractivity contribution in [1.82, 2.24) is 0 Å². The van der Waals surface area contributed by atoms with Crippen LogP contribution in [0, 0.1) is 5.92 Å². The lowest BCUT2D eigenvalue weighted by atomic mass is 9.90. The molecule has 0 radical (unpaired) electrons. The molecule has 2 aliphatic rings. The van der Waals surface area contributed by atoms with E-state index in [0.29, 0.717) is 12.8 Å². The molecule has 0 amide bonds. The number of esters is 1. The summed E-state index contributed by atoms with van der Waals surface area (Å²) in [4.78, 5) is 24.4. The van der Waals surface area contributed by atoms with E-state index < -0.39 is 104 Å². The minimum absolute atomic E-state index is 0.0260. The molecule has 12 N–H and O–H groups in total. The lowest BCUT2D eigenvalue weighted by Crippen LogP contribution is -2.61. The number of rotatable bonds is 3. The molecule has 0 aromatic heterocycles. The summed E-state index contributed by atoms with van der Waals surface area (Å²) in [6.07, 6.45) is 13.9. The van der Waals surface area contributed by atoms with E-state index in [9.17, 15) is 60.7 Å². The van der Waals surface area contributed by atoms with E-state index in [-0.39, 0.29) is 64.4 Å². The SMILES string of the molecule is CC.CC1OC(O[C@H]2/C=C/C=C/C=C/C=C/C=C/C=C/C=C/C[C@@H](O)CCOC(=O)C[C@H](O)C[C@H](O)CCC[C@H](O)C[C@H](O)CC(O)(O)CC[C@@H](C(=O)O)CC2)C(O)C(N)C1O. The van der Waals surface area contributed by atoms with Crippen LogP contribution >= 0.6 is 0 Å². The Kier molecular flexibility index (Phi) is 29.5. The van der Waals surface area contributed by atoms with Crippen LogP contribution in [0.5, 0.6) is 0 Å². The number of aliphatic hydroxyl groups excluding tert-OH is 7. The molecule has 5 unspecified atom stereocenters. The lowest BCUT2D eigenvalue weighted by molar-refractivity contribution is -0.276. The fourth-order valence-corrected chi connectivity index (χ4v) is 6.65. The molecule has 12 atom stereocenters. The largest absolute Gasteiger partial charge is 0.481 e. The van der Waals surface area contributed by atoms with E-state index in [1.165, 1.54) is 0 Å². The smallest absolute Gasteiger partial charge is 0.308 e. The zero-order valence-electron chi connectivity index (χ0n) is 36.5. The molecule has 0 aliphatic carbocycles. The molecule has 16 heteroatoms. The monoisotopic (exact) mass is 882 g/mol. The van der Waals surface area contributed by atoms with Crippen LogP contribution in [0.4, 0.5) is 0 Å². The summed E-state index contributed by atoms with van der Waals surface area (Å²) in [5.41, 5.74) is 5.98. The Morgan fingerprint density at radius 1 is 0.710 bits per heavy atom. The number of carbonyl (C=O) groups is 2. The normalized spacial score (nSPS) is 37.5. The molecule has 16 nitrogen and oxygen atoms in total. The summed E-state index contributed by atoms with van der Waals surface area (Å²) in [7, 11) is 0. The van der Waals surface area contributed by atoms with Gasteiger partial charge in [0.25, 0.3) is 0 Å². The van der Waals surface area contributed by atoms with Crippen LogP contribution in [0.3, 0.4) is 0 Å². The Morgan fingerprint density at radius 3 is 1.84 bits per heavy atom. The minimum atomic E-state index is -2.45. The van der Waals surface area contributed by atoms with Crippen LogP contribution in [0.15, 0.2) is 85.1 Å². The van der Waals surface area contributed by atoms with Crippen LogP contribution in [-0.4, -0.2) is 143 Å². The highest BCUT2D eigenvalue weighted by molar-refractivity contribution is 5.70. The summed E-state index contributed by atoms with van der Waals surface area (Å²) >= 11 is 0. The maximum atomic E-state index is 12.2.